The van der Waals surface area contributed by atoms with Gasteiger partial charge in [0, 0.05) is 12.1 Å². The number of non-ortho nitro benzene ring substituents is 1. The molecule has 0 radical (unpaired) electrons. The Balaban J connectivity index is 2.25. The smallest absolute Gasteiger partial charge is 0.269 e. The highest BCUT2D eigenvalue weighted by Crippen LogP contribution is 2.33. The van der Waals surface area contributed by atoms with Crippen LogP contribution in [0.1, 0.15) is 11.1 Å². The normalized spacial score (nSPS) is 10.8. The van der Waals surface area contributed by atoms with E-state index in [1.54, 1.807) is 18.2 Å². The lowest BCUT2D eigenvalue weighted by atomic mass is 10.1. The Morgan fingerprint density at radius 3 is 2.38 bits per heavy atom. The fraction of sp³-hybridized carbons (Fsp3) is 0.0667. The predicted molar refractivity (Wildman–Crippen MR) is 89.4 cm³/mol. The van der Waals surface area contributed by atoms with Crippen molar-refractivity contribution in [2.75, 3.05) is 7.11 Å². The van der Waals surface area contributed by atoms with Crippen LogP contribution in [-0.4, -0.2) is 17.1 Å². The number of methoxy groups -OCH3 is 1. The molecule has 0 aliphatic carbocycles. The molecule has 2 aromatic rings. The van der Waals surface area contributed by atoms with Gasteiger partial charge in [-0.1, -0.05) is 12.2 Å². The lowest BCUT2D eigenvalue weighted by Crippen LogP contribution is -1.88. The van der Waals surface area contributed by atoms with E-state index < -0.39 is 4.92 Å². The van der Waals surface area contributed by atoms with Crippen molar-refractivity contribution in [1.82, 2.24) is 0 Å². The molecule has 2 aromatic carbocycles. The third kappa shape index (κ3) is 3.72. The number of phenolic OH excluding ortho intramolecular Hbond substituents is 1. The summed E-state index contributed by atoms with van der Waals surface area (Å²) in [7, 11) is 1.49. The second-order valence-corrected chi connectivity index (χ2v) is 5.40. The van der Waals surface area contributed by atoms with Crippen LogP contribution >= 0.6 is 22.6 Å². The van der Waals surface area contributed by atoms with Crippen molar-refractivity contribution < 1.29 is 14.8 Å². The van der Waals surface area contributed by atoms with Crippen LogP contribution in [0.15, 0.2) is 36.4 Å². The number of hydrogen-bond donors (Lipinski definition) is 1. The lowest BCUT2D eigenvalue weighted by molar-refractivity contribution is -0.384. The molecule has 0 atom stereocenters. The fourth-order valence-corrected chi connectivity index (χ4v) is 2.37. The first-order valence-electron chi connectivity index (χ1n) is 6.00. The molecule has 1 N–H and O–H groups in total. The molecule has 0 saturated heterocycles. The Hall–Kier alpha value is -2.09. The summed E-state index contributed by atoms with van der Waals surface area (Å²) in [4.78, 5) is 10.2. The van der Waals surface area contributed by atoms with E-state index in [1.807, 2.05) is 40.8 Å². The van der Waals surface area contributed by atoms with Crippen LogP contribution in [-0.2, 0) is 0 Å². The van der Waals surface area contributed by atoms with Gasteiger partial charge in [-0.05, 0) is 58.0 Å². The minimum absolute atomic E-state index is 0.0630. The van der Waals surface area contributed by atoms with Crippen LogP contribution in [0.2, 0.25) is 0 Å². The van der Waals surface area contributed by atoms with Gasteiger partial charge in [0.15, 0.2) is 11.5 Å². The number of rotatable bonds is 4. The number of halogens is 1. The van der Waals surface area contributed by atoms with Crippen LogP contribution in [0, 0.1) is 13.7 Å². The number of nitro groups is 1. The standard InChI is InChI=1S/C15H12INO4/c1-21-14-9-11(8-13(16)15(14)18)3-2-10-4-6-12(7-5-10)17(19)20/h2-9,18H,1H3/b3-2+. The van der Waals surface area contributed by atoms with Crippen molar-refractivity contribution in [3.8, 4) is 11.5 Å². The molecule has 0 aliphatic rings. The Bertz CT molecular complexity index is 696. The molecule has 0 bridgehead atoms. The maximum atomic E-state index is 10.6. The number of nitro benzene ring substituents is 1. The summed E-state index contributed by atoms with van der Waals surface area (Å²) in [6, 6.07) is 9.82. The van der Waals surface area contributed by atoms with Gasteiger partial charge in [0.25, 0.3) is 5.69 Å². The van der Waals surface area contributed by atoms with Gasteiger partial charge in [0.2, 0.25) is 0 Å². The van der Waals surface area contributed by atoms with Crippen LogP contribution < -0.4 is 4.74 Å². The van der Waals surface area contributed by atoms with Crippen molar-refractivity contribution in [1.29, 1.82) is 0 Å². The molecule has 5 nitrogen and oxygen atoms in total. The highest BCUT2D eigenvalue weighted by Gasteiger charge is 2.07. The average Bonchev–Trinajstić information content (AvgIpc) is 2.48. The maximum absolute atomic E-state index is 10.6. The summed E-state index contributed by atoms with van der Waals surface area (Å²) in [6.45, 7) is 0. The van der Waals surface area contributed by atoms with Gasteiger partial charge in [-0.3, -0.25) is 10.1 Å². The van der Waals surface area contributed by atoms with Gasteiger partial charge in [0.1, 0.15) is 0 Å². The molecule has 0 fully saturated rings. The summed E-state index contributed by atoms with van der Waals surface area (Å²) < 4.78 is 5.79. The van der Waals surface area contributed by atoms with E-state index in [2.05, 4.69) is 0 Å². The number of nitrogens with zero attached hydrogens (tertiary/aromatic N) is 1. The van der Waals surface area contributed by atoms with Crippen molar-refractivity contribution in [2.24, 2.45) is 0 Å². The molecular formula is C15H12INO4. The average molecular weight is 397 g/mol. The zero-order valence-corrected chi connectivity index (χ0v) is 13.3. The van der Waals surface area contributed by atoms with Crippen LogP contribution in [0.5, 0.6) is 11.5 Å². The SMILES string of the molecule is COc1cc(/C=C/c2ccc([N+](=O)[O-])cc2)cc(I)c1O. The second-order valence-electron chi connectivity index (χ2n) is 4.24. The molecular weight excluding hydrogens is 385 g/mol. The monoisotopic (exact) mass is 397 g/mol. The van der Waals surface area contributed by atoms with Gasteiger partial charge in [0.05, 0.1) is 15.6 Å². The number of benzene rings is 2. The number of hydrogen-bond acceptors (Lipinski definition) is 4. The van der Waals surface area contributed by atoms with Crippen molar-refractivity contribution in [2.45, 2.75) is 0 Å². The molecule has 0 aromatic heterocycles. The van der Waals surface area contributed by atoms with Crippen molar-refractivity contribution in [3.63, 3.8) is 0 Å². The van der Waals surface area contributed by atoms with E-state index in [-0.39, 0.29) is 11.4 Å². The van der Waals surface area contributed by atoms with Gasteiger partial charge in [-0.2, -0.15) is 0 Å². The largest absolute Gasteiger partial charge is 0.504 e. The first-order chi connectivity index (χ1) is 10.0. The zero-order chi connectivity index (χ0) is 15.4. The second kappa shape index (κ2) is 6.57. The quantitative estimate of drug-likeness (QED) is 0.365. The highest BCUT2D eigenvalue weighted by molar-refractivity contribution is 14.1. The third-order valence-corrected chi connectivity index (χ3v) is 3.67. The molecule has 6 heteroatoms. The summed E-state index contributed by atoms with van der Waals surface area (Å²) in [5, 5.41) is 20.3. The third-order valence-electron chi connectivity index (χ3n) is 2.84. The van der Waals surface area contributed by atoms with Crippen LogP contribution in [0.25, 0.3) is 12.2 Å². The van der Waals surface area contributed by atoms with Crippen molar-refractivity contribution in [3.05, 3.63) is 61.2 Å². The maximum Gasteiger partial charge on any atom is 0.269 e. The molecule has 0 saturated carbocycles. The summed E-state index contributed by atoms with van der Waals surface area (Å²) >= 11 is 2.03. The van der Waals surface area contributed by atoms with E-state index >= 15 is 0 Å². The van der Waals surface area contributed by atoms with E-state index in [1.165, 1.54) is 19.2 Å². The number of ether oxygens (including phenoxy) is 1. The van der Waals surface area contributed by atoms with E-state index in [9.17, 15) is 15.2 Å². The first-order valence-corrected chi connectivity index (χ1v) is 7.08. The van der Waals surface area contributed by atoms with E-state index in [0.29, 0.717) is 9.32 Å². The Kier molecular flexibility index (Phi) is 4.79. The molecule has 0 amide bonds. The molecule has 2 rings (SSSR count). The fourth-order valence-electron chi connectivity index (χ4n) is 1.75. The van der Waals surface area contributed by atoms with Gasteiger partial charge in [-0.25, -0.2) is 0 Å². The van der Waals surface area contributed by atoms with Gasteiger partial charge in [-0.15, -0.1) is 0 Å². The van der Waals surface area contributed by atoms with E-state index in [0.717, 1.165) is 11.1 Å². The molecule has 0 heterocycles. The molecule has 108 valence electrons. The van der Waals surface area contributed by atoms with Gasteiger partial charge < -0.3 is 9.84 Å². The molecule has 0 spiro atoms. The first kappa shape index (κ1) is 15.3. The highest BCUT2D eigenvalue weighted by atomic mass is 127. The Morgan fingerprint density at radius 1 is 1.19 bits per heavy atom. The zero-order valence-electron chi connectivity index (χ0n) is 11.1. The van der Waals surface area contributed by atoms with Crippen LogP contribution in [0.4, 0.5) is 5.69 Å². The summed E-state index contributed by atoms with van der Waals surface area (Å²) in [5.41, 5.74) is 1.78. The summed E-state index contributed by atoms with van der Waals surface area (Å²) in [5.74, 6) is 0.524. The van der Waals surface area contributed by atoms with E-state index in [4.69, 9.17) is 4.74 Å². The molecule has 0 unspecified atom stereocenters. The molecule has 0 aliphatic heterocycles. The topological polar surface area (TPSA) is 72.6 Å². The van der Waals surface area contributed by atoms with Crippen LogP contribution in [0.3, 0.4) is 0 Å². The summed E-state index contributed by atoms with van der Waals surface area (Å²) in [6.07, 6.45) is 3.69. The van der Waals surface area contributed by atoms with Crippen molar-refractivity contribution >= 4 is 40.4 Å². The number of phenols is 1. The Labute approximate surface area is 135 Å². The minimum Gasteiger partial charge on any atom is -0.504 e. The number of aromatic hydroxyl groups is 1. The Morgan fingerprint density at radius 2 is 1.81 bits per heavy atom. The lowest BCUT2D eigenvalue weighted by Gasteiger charge is -2.06. The van der Waals surface area contributed by atoms with Gasteiger partial charge >= 0.3 is 0 Å². The predicted octanol–water partition coefficient (Wildman–Crippen LogP) is 4.08. The minimum atomic E-state index is -0.430. The molecule has 21 heavy (non-hydrogen) atoms.